The molecule has 0 aliphatic rings. The second-order valence-electron chi connectivity index (χ2n) is 7.33. The van der Waals surface area contributed by atoms with Gasteiger partial charge in [0.15, 0.2) is 16.6 Å². The van der Waals surface area contributed by atoms with Gasteiger partial charge in [0.1, 0.15) is 5.69 Å². The Hall–Kier alpha value is -3.06. The Bertz CT molecular complexity index is 1050. The zero-order valence-corrected chi connectivity index (χ0v) is 19.3. The normalized spacial score (nSPS) is 10.7. The van der Waals surface area contributed by atoms with Crippen molar-refractivity contribution < 1.29 is 14.3 Å². The first-order valence-corrected chi connectivity index (χ1v) is 11.1. The van der Waals surface area contributed by atoms with Gasteiger partial charge in [-0.2, -0.15) is 0 Å². The SMILES string of the molecule is CCCN(CCc1ccc(OC)c(OC)c1)C(=O)c1nc(N)sc1-c1cccc(C)c1. The van der Waals surface area contributed by atoms with Crippen LogP contribution in [0.1, 0.15) is 35.0 Å². The monoisotopic (exact) mass is 439 g/mol. The van der Waals surface area contributed by atoms with Gasteiger partial charge in [-0.05, 0) is 43.0 Å². The van der Waals surface area contributed by atoms with E-state index < -0.39 is 0 Å². The van der Waals surface area contributed by atoms with Crippen LogP contribution in [0.5, 0.6) is 11.5 Å². The molecule has 2 aromatic carbocycles. The van der Waals surface area contributed by atoms with Gasteiger partial charge < -0.3 is 20.1 Å². The summed E-state index contributed by atoms with van der Waals surface area (Å²) in [5.74, 6) is 1.28. The van der Waals surface area contributed by atoms with Crippen molar-refractivity contribution in [3.63, 3.8) is 0 Å². The number of carbonyl (C=O) groups is 1. The third-order valence-electron chi connectivity index (χ3n) is 5.03. The molecule has 1 amide bonds. The van der Waals surface area contributed by atoms with Gasteiger partial charge in [0.25, 0.3) is 5.91 Å². The lowest BCUT2D eigenvalue weighted by molar-refractivity contribution is 0.0753. The number of hydrogen-bond acceptors (Lipinski definition) is 6. The van der Waals surface area contributed by atoms with Crippen LogP contribution in [0.15, 0.2) is 42.5 Å². The average Bonchev–Trinajstić information content (AvgIpc) is 3.17. The van der Waals surface area contributed by atoms with Crippen molar-refractivity contribution >= 4 is 22.4 Å². The highest BCUT2D eigenvalue weighted by molar-refractivity contribution is 7.19. The molecule has 3 rings (SSSR count). The molecule has 0 saturated carbocycles. The van der Waals surface area contributed by atoms with E-state index in [-0.39, 0.29) is 5.91 Å². The molecule has 6 nitrogen and oxygen atoms in total. The van der Waals surface area contributed by atoms with Gasteiger partial charge in [-0.15, -0.1) is 0 Å². The van der Waals surface area contributed by atoms with Crippen LogP contribution in [0.4, 0.5) is 5.13 Å². The number of amides is 1. The van der Waals surface area contributed by atoms with Crippen molar-refractivity contribution in [3.8, 4) is 21.9 Å². The first-order chi connectivity index (χ1) is 15.0. The fourth-order valence-corrected chi connectivity index (χ4v) is 4.32. The number of aryl methyl sites for hydroxylation is 1. The summed E-state index contributed by atoms with van der Waals surface area (Å²) in [4.78, 5) is 20.5. The Labute approximate surface area is 187 Å². The van der Waals surface area contributed by atoms with E-state index in [1.807, 2.05) is 48.2 Å². The molecule has 0 spiro atoms. The quantitative estimate of drug-likeness (QED) is 0.518. The number of ether oxygens (including phenoxy) is 2. The van der Waals surface area contributed by atoms with Gasteiger partial charge in [-0.1, -0.05) is 54.2 Å². The number of methoxy groups -OCH3 is 2. The summed E-state index contributed by atoms with van der Waals surface area (Å²) in [7, 11) is 3.23. The maximum Gasteiger partial charge on any atom is 0.274 e. The highest BCUT2D eigenvalue weighted by atomic mass is 32.1. The number of benzene rings is 2. The summed E-state index contributed by atoms with van der Waals surface area (Å²) in [5, 5.41) is 0.399. The highest BCUT2D eigenvalue weighted by Crippen LogP contribution is 2.33. The zero-order chi connectivity index (χ0) is 22.4. The molecule has 0 fully saturated rings. The molecule has 7 heteroatoms. The lowest BCUT2D eigenvalue weighted by Crippen LogP contribution is -2.34. The summed E-state index contributed by atoms with van der Waals surface area (Å²) >= 11 is 1.35. The van der Waals surface area contributed by atoms with Crippen molar-refractivity contribution in [2.75, 3.05) is 33.0 Å². The van der Waals surface area contributed by atoms with Crippen LogP contribution in [0.2, 0.25) is 0 Å². The lowest BCUT2D eigenvalue weighted by Gasteiger charge is -2.22. The van der Waals surface area contributed by atoms with Gasteiger partial charge in [-0.3, -0.25) is 4.79 Å². The van der Waals surface area contributed by atoms with Crippen LogP contribution in [-0.4, -0.2) is 43.1 Å². The topological polar surface area (TPSA) is 77.7 Å². The maximum atomic E-state index is 13.4. The Balaban J connectivity index is 1.83. The number of carbonyl (C=O) groups excluding carboxylic acids is 1. The van der Waals surface area contributed by atoms with E-state index in [0.717, 1.165) is 28.0 Å². The molecule has 164 valence electrons. The molecule has 2 N–H and O–H groups in total. The van der Waals surface area contributed by atoms with Gasteiger partial charge in [0.05, 0.1) is 19.1 Å². The molecular weight excluding hydrogens is 410 g/mol. The molecule has 3 aromatic rings. The minimum absolute atomic E-state index is 0.0909. The molecule has 0 aliphatic heterocycles. The predicted octanol–water partition coefficient (Wildman–Crippen LogP) is 4.81. The fraction of sp³-hybridized carbons (Fsp3) is 0.333. The highest BCUT2D eigenvalue weighted by Gasteiger charge is 2.23. The minimum Gasteiger partial charge on any atom is -0.493 e. The van der Waals surface area contributed by atoms with E-state index in [0.29, 0.717) is 41.8 Å². The van der Waals surface area contributed by atoms with Crippen LogP contribution in [0, 0.1) is 6.92 Å². The number of hydrogen-bond donors (Lipinski definition) is 1. The third-order valence-corrected chi connectivity index (χ3v) is 5.96. The summed E-state index contributed by atoms with van der Waals surface area (Å²) in [6.07, 6.45) is 1.56. The predicted molar refractivity (Wildman–Crippen MR) is 126 cm³/mol. The molecule has 1 heterocycles. The zero-order valence-electron chi connectivity index (χ0n) is 18.5. The van der Waals surface area contributed by atoms with Crippen LogP contribution < -0.4 is 15.2 Å². The number of anilines is 1. The van der Waals surface area contributed by atoms with Crippen molar-refractivity contribution in [1.82, 2.24) is 9.88 Å². The largest absolute Gasteiger partial charge is 0.493 e. The smallest absolute Gasteiger partial charge is 0.274 e. The Morgan fingerprint density at radius 1 is 1.10 bits per heavy atom. The maximum absolute atomic E-state index is 13.4. The van der Waals surface area contributed by atoms with E-state index in [4.69, 9.17) is 15.2 Å². The Kier molecular flexibility index (Phi) is 7.52. The van der Waals surface area contributed by atoms with Gasteiger partial charge in [0, 0.05) is 13.1 Å². The Morgan fingerprint density at radius 2 is 1.87 bits per heavy atom. The van der Waals surface area contributed by atoms with Gasteiger partial charge >= 0.3 is 0 Å². The van der Waals surface area contributed by atoms with Crippen molar-refractivity contribution in [2.45, 2.75) is 26.7 Å². The number of aromatic nitrogens is 1. The molecule has 0 atom stereocenters. The number of nitrogens with zero attached hydrogens (tertiary/aromatic N) is 2. The second-order valence-corrected chi connectivity index (χ2v) is 8.36. The molecule has 31 heavy (non-hydrogen) atoms. The van der Waals surface area contributed by atoms with Crippen molar-refractivity contribution in [1.29, 1.82) is 0 Å². The Morgan fingerprint density at radius 3 is 2.55 bits per heavy atom. The standard InChI is InChI=1S/C24H29N3O3S/c1-5-12-27(13-11-17-9-10-19(29-3)20(15-17)30-4)23(28)21-22(31-24(25)26-21)18-8-6-7-16(2)14-18/h6-10,14-15H,5,11-13H2,1-4H3,(H2,25,26). The lowest BCUT2D eigenvalue weighted by atomic mass is 10.1. The molecule has 1 aromatic heterocycles. The molecular formula is C24H29N3O3S. The number of thiazole rings is 1. The number of nitrogens with two attached hydrogens (primary N) is 1. The third kappa shape index (κ3) is 5.35. The number of rotatable bonds is 9. The minimum atomic E-state index is -0.0909. The summed E-state index contributed by atoms with van der Waals surface area (Å²) in [5.41, 5.74) is 9.59. The van der Waals surface area contributed by atoms with Crippen molar-refractivity contribution in [2.24, 2.45) is 0 Å². The van der Waals surface area contributed by atoms with E-state index in [9.17, 15) is 4.79 Å². The molecule has 0 aliphatic carbocycles. The summed E-state index contributed by atoms with van der Waals surface area (Å²) in [6.45, 7) is 5.32. The van der Waals surface area contributed by atoms with E-state index in [1.54, 1.807) is 14.2 Å². The molecule has 0 radical (unpaired) electrons. The van der Waals surface area contributed by atoms with Crippen LogP contribution in [0.3, 0.4) is 0 Å². The van der Waals surface area contributed by atoms with Crippen LogP contribution in [-0.2, 0) is 6.42 Å². The second kappa shape index (κ2) is 10.3. The van der Waals surface area contributed by atoms with E-state index >= 15 is 0 Å². The average molecular weight is 440 g/mol. The van der Waals surface area contributed by atoms with Gasteiger partial charge in [-0.25, -0.2) is 4.98 Å². The van der Waals surface area contributed by atoms with E-state index in [2.05, 4.69) is 18.0 Å². The number of nitrogen functional groups attached to an aromatic ring is 1. The van der Waals surface area contributed by atoms with Gasteiger partial charge in [0.2, 0.25) is 0 Å². The summed E-state index contributed by atoms with van der Waals surface area (Å²) in [6, 6.07) is 13.9. The van der Waals surface area contributed by atoms with E-state index in [1.165, 1.54) is 11.3 Å². The van der Waals surface area contributed by atoms with Crippen molar-refractivity contribution in [3.05, 3.63) is 59.3 Å². The fourth-order valence-electron chi connectivity index (χ4n) is 3.50. The van der Waals surface area contributed by atoms with Crippen LogP contribution >= 0.6 is 11.3 Å². The first kappa shape index (κ1) is 22.6. The summed E-state index contributed by atoms with van der Waals surface area (Å²) < 4.78 is 10.7. The molecule has 0 saturated heterocycles. The van der Waals surface area contributed by atoms with Crippen LogP contribution in [0.25, 0.3) is 10.4 Å². The molecule has 0 unspecified atom stereocenters. The molecule has 0 bridgehead atoms. The first-order valence-electron chi connectivity index (χ1n) is 10.3.